The molecular formula is C31H48N4O6. The molecule has 2 aliphatic rings. The van der Waals surface area contributed by atoms with Crippen LogP contribution in [0.2, 0.25) is 0 Å². The van der Waals surface area contributed by atoms with Crippen molar-refractivity contribution in [1.29, 1.82) is 0 Å². The molecule has 0 radical (unpaired) electrons. The van der Waals surface area contributed by atoms with Crippen molar-refractivity contribution in [3.05, 3.63) is 29.8 Å². The Balaban J connectivity index is 1.87. The van der Waals surface area contributed by atoms with E-state index in [1.54, 1.807) is 34.1 Å². The summed E-state index contributed by atoms with van der Waals surface area (Å²) in [5.41, 5.74) is 0.276. The molecule has 10 nitrogen and oxygen atoms in total. The Kier molecular flexibility index (Phi) is 12.9. The first kappa shape index (κ1) is 32.4. The summed E-state index contributed by atoms with van der Waals surface area (Å²) in [5.74, 6) is -0.871. The summed E-state index contributed by atoms with van der Waals surface area (Å²) in [6, 6.07) is 5.02. The zero-order valence-corrected chi connectivity index (χ0v) is 25.2. The lowest BCUT2D eigenvalue weighted by molar-refractivity contribution is -0.139. The minimum atomic E-state index is -1.09. The highest BCUT2D eigenvalue weighted by atomic mass is 16.5. The van der Waals surface area contributed by atoms with Crippen LogP contribution in [0.15, 0.2) is 24.3 Å². The molecule has 0 saturated carbocycles. The SMILES string of the molecule is CCCCN1CCOc2ccccc2C(=O)N[C@H](C(=O)N2CCC(OCCC)CC2)CC(=O)N[C@@H](CC(C)C)C1=O. The summed E-state index contributed by atoms with van der Waals surface area (Å²) in [5, 5.41) is 5.70. The van der Waals surface area contributed by atoms with Crippen molar-refractivity contribution in [1.82, 2.24) is 20.4 Å². The number of rotatable bonds is 9. The van der Waals surface area contributed by atoms with Gasteiger partial charge >= 0.3 is 0 Å². The molecular weight excluding hydrogens is 524 g/mol. The Morgan fingerprint density at radius 2 is 1.78 bits per heavy atom. The van der Waals surface area contributed by atoms with Crippen LogP contribution in [0.1, 0.15) is 83.0 Å². The fourth-order valence-electron chi connectivity index (χ4n) is 5.26. The van der Waals surface area contributed by atoms with Gasteiger partial charge in [-0.25, -0.2) is 0 Å². The lowest BCUT2D eigenvalue weighted by atomic mass is 10.0. The molecule has 0 aromatic heterocycles. The van der Waals surface area contributed by atoms with Gasteiger partial charge in [0, 0.05) is 26.2 Å². The Bertz CT molecular complexity index is 1020. The molecule has 1 aromatic carbocycles. The second kappa shape index (κ2) is 16.3. The average molecular weight is 573 g/mol. The van der Waals surface area contributed by atoms with Crippen molar-refractivity contribution >= 4 is 23.6 Å². The third kappa shape index (κ3) is 9.73. The first-order valence-electron chi connectivity index (χ1n) is 15.2. The monoisotopic (exact) mass is 572 g/mol. The highest BCUT2D eigenvalue weighted by Gasteiger charge is 2.34. The maximum atomic E-state index is 13.7. The van der Waals surface area contributed by atoms with Crippen molar-refractivity contribution in [2.24, 2.45) is 5.92 Å². The molecule has 3 rings (SSSR count). The van der Waals surface area contributed by atoms with Gasteiger partial charge in [0.2, 0.25) is 17.7 Å². The molecule has 0 unspecified atom stereocenters. The van der Waals surface area contributed by atoms with Gasteiger partial charge in [-0.15, -0.1) is 0 Å². The average Bonchev–Trinajstić information content (AvgIpc) is 2.96. The molecule has 2 atom stereocenters. The van der Waals surface area contributed by atoms with Crippen LogP contribution in [0.3, 0.4) is 0 Å². The van der Waals surface area contributed by atoms with Gasteiger partial charge in [0.15, 0.2) is 0 Å². The van der Waals surface area contributed by atoms with E-state index in [1.807, 2.05) is 13.8 Å². The Hall–Kier alpha value is -3.14. The molecule has 1 saturated heterocycles. The maximum absolute atomic E-state index is 13.7. The fourth-order valence-corrected chi connectivity index (χ4v) is 5.26. The predicted octanol–water partition coefficient (Wildman–Crippen LogP) is 3.14. The summed E-state index contributed by atoms with van der Waals surface area (Å²) >= 11 is 0. The van der Waals surface area contributed by atoms with E-state index in [-0.39, 0.29) is 42.4 Å². The van der Waals surface area contributed by atoms with Gasteiger partial charge in [-0.05, 0) is 50.2 Å². The summed E-state index contributed by atoms with van der Waals surface area (Å²) in [6.07, 6.45) is 4.38. The standard InChI is InChI=1S/C31H48N4O6/c1-5-7-14-34-17-19-41-27-11-9-8-10-24(27)29(37)33-26(21-28(36)32-25(30(34)38)20-22(3)4)31(39)35-15-12-23(13-16-35)40-18-6-2/h8-11,22-23,25-26H,5-7,12-21H2,1-4H3,(H,32,36)(H,33,37)/t25-,26-/m0/s1. The molecule has 0 spiro atoms. The molecule has 1 fully saturated rings. The summed E-state index contributed by atoms with van der Waals surface area (Å²) in [6.45, 7) is 10.9. The van der Waals surface area contributed by atoms with E-state index >= 15 is 0 Å². The summed E-state index contributed by atoms with van der Waals surface area (Å²) in [4.78, 5) is 57.6. The third-order valence-electron chi connectivity index (χ3n) is 7.49. The zero-order valence-electron chi connectivity index (χ0n) is 25.2. The van der Waals surface area contributed by atoms with Crippen molar-refractivity contribution in [2.45, 2.75) is 90.8 Å². The first-order valence-corrected chi connectivity index (χ1v) is 15.2. The first-order chi connectivity index (χ1) is 19.7. The number of likely N-dealkylation sites (tertiary alicyclic amines) is 1. The van der Waals surface area contributed by atoms with E-state index in [0.717, 1.165) is 19.3 Å². The maximum Gasteiger partial charge on any atom is 0.255 e. The van der Waals surface area contributed by atoms with E-state index < -0.39 is 23.9 Å². The molecule has 2 N–H and O–H groups in total. The van der Waals surface area contributed by atoms with Crippen LogP contribution in [-0.2, 0) is 19.1 Å². The number of nitrogens with one attached hydrogen (secondary N) is 2. The number of carbonyl (C=O) groups excluding carboxylic acids is 4. The lowest BCUT2D eigenvalue weighted by Crippen LogP contribution is -2.55. The Morgan fingerprint density at radius 3 is 2.46 bits per heavy atom. The largest absolute Gasteiger partial charge is 0.491 e. The quantitative estimate of drug-likeness (QED) is 0.470. The molecule has 0 aliphatic carbocycles. The minimum Gasteiger partial charge on any atom is -0.491 e. The highest BCUT2D eigenvalue weighted by Crippen LogP contribution is 2.21. The number of hydrogen-bond acceptors (Lipinski definition) is 6. The second-order valence-corrected chi connectivity index (χ2v) is 11.4. The number of piperidine rings is 1. The number of amides is 4. The van der Waals surface area contributed by atoms with Crippen LogP contribution in [0.25, 0.3) is 0 Å². The van der Waals surface area contributed by atoms with E-state index in [0.29, 0.717) is 57.8 Å². The lowest BCUT2D eigenvalue weighted by Gasteiger charge is -2.34. The number of ether oxygens (including phenoxy) is 2. The number of carbonyl (C=O) groups is 4. The summed E-state index contributed by atoms with van der Waals surface area (Å²) < 4.78 is 11.9. The van der Waals surface area contributed by atoms with Gasteiger partial charge in [0.25, 0.3) is 5.91 Å². The van der Waals surface area contributed by atoms with Gasteiger partial charge in [-0.2, -0.15) is 0 Å². The van der Waals surface area contributed by atoms with Gasteiger partial charge < -0.3 is 29.9 Å². The van der Waals surface area contributed by atoms with E-state index in [4.69, 9.17) is 9.47 Å². The smallest absolute Gasteiger partial charge is 0.255 e. The highest BCUT2D eigenvalue weighted by molar-refractivity contribution is 6.01. The molecule has 2 aliphatic heterocycles. The molecule has 2 heterocycles. The van der Waals surface area contributed by atoms with Crippen LogP contribution in [-0.4, -0.2) is 91.0 Å². The summed E-state index contributed by atoms with van der Waals surface area (Å²) in [7, 11) is 0. The number of hydrogen-bond donors (Lipinski definition) is 2. The normalized spacial score (nSPS) is 21.5. The van der Waals surface area contributed by atoms with Gasteiger partial charge in [0.05, 0.1) is 24.6 Å². The van der Waals surface area contributed by atoms with Crippen molar-refractivity contribution in [2.75, 3.05) is 39.4 Å². The molecule has 1 aromatic rings. The molecule has 0 bridgehead atoms. The molecule has 4 amide bonds. The molecule has 228 valence electrons. The number of fused-ring (bicyclic) bond motifs is 1. The number of benzene rings is 1. The fraction of sp³-hybridized carbons (Fsp3) is 0.677. The van der Waals surface area contributed by atoms with Gasteiger partial charge in [0.1, 0.15) is 24.4 Å². The predicted molar refractivity (Wildman–Crippen MR) is 157 cm³/mol. The van der Waals surface area contributed by atoms with Crippen LogP contribution in [0.5, 0.6) is 5.75 Å². The van der Waals surface area contributed by atoms with Crippen LogP contribution < -0.4 is 15.4 Å². The van der Waals surface area contributed by atoms with Crippen LogP contribution in [0, 0.1) is 5.92 Å². The number of unbranched alkanes of at least 4 members (excludes halogenated alkanes) is 1. The van der Waals surface area contributed by atoms with Crippen molar-refractivity contribution < 1.29 is 28.7 Å². The minimum absolute atomic E-state index is 0.100. The third-order valence-corrected chi connectivity index (χ3v) is 7.49. The van der Waals surface area contributed by atoms with Crippen LogP contribution >= 0.6 is 0 Å². The van der Waals surface area contributed by atoms with Gasteiger partial charge in [-0.1, -0.05) is 46.2 Å². The zero-order chi connectivity index (χ0) is 29.8. The van der Waals surface area contributed by atoms with E-state index in [9.17, 15) is 19.2 Å². The topological polar surface area (TPSA) is 117 Å². The van der Waals surface area contributed by atoms with E-state index in [1.165, 1.54) is 0 Å². The van der Waals surface area contributed by atoms with Crippen molar-refractivity contribution in [3.8, 4) is 5.75 Å². The number of para-hydroxylation sites is 1. The Labute approximate surface area is 244 Å². The number of nitrogens with zero attached hydrogens (tertiary/aromatic N) is 2. The van der Waals surface area contributed by atoms with Crippen LogP contribution in [0.4, 0.5) is 0 Å². The Morgan fingerprint density at radius 1 is 1.05 bits per heavy atom. The molecule has 41 heavy (non-hydrogen) atoms. The molecule has 10 heteroatoms. The van der Waals surface area contributed by atoms with Crippen molar-refractivity contribution in [3.63, 3.8) is 0 Å². The second-order valence-electron chi connectivity index (χ2n) is 11.4. The van der Waals surface area contributed by atoms with Gasteiger partial charge in [-0.3, -0.25) is 19.2 Å². The van der Waals surface area contributed by atoms with E-state index in [2.05, 4.69) is 24.5 Å².